The molecule has 0 saturated carbocycles. The summed E-state index contributed by atoms with van der Waals surface area (Å²) in [5, 5.41) is 2.45. The van der Waals surface area contributed by atoms with Crippen molar-refractivity contribution in [3.05, 3.63) is 71.8 Å². The summed E-state index contributed by atoms with van der Waals surface area (Å²) in [7, 11) is 1.46. The Morgan fingerprint density at radius 2 is 1.17 bits per heavy atom. The lowest BCUT2D eigenvalue weighted by Gasteiger charge is -2.25. The maximum Gasteiger partial charge on any atom is 0.419 e. The summed E-state index contributed by atoms with van der Waals surface area (Å²) in [4.78, 5) is 75.4. The Morgan fingerprint density at radius 3 is 1.64 bits per heavy atom. The van der Waals surface area contributed by atoms with Crippen LogP contribution in [0.3, 0.4) is 0 Å². The number of nitrogens with zero attached hydrogens (tertiary/aromatic N) is 3. The minimum atomic E-state index is -1.02. The molecule has 254 valence electrons. The number of ether oxygens (including phenoxy) is 4. The van der Waals surface area contributed by atoms with E-state index in [9.17, 15) is 28.8 Å². The molecule has 0 aromatic heterocycles. The van der Waals surface area contributed by atoms with Crippen LogP contribution in [0.1, 0.15) is 52.7 Å². The summed E-state index contributed by atoms with van der Waals surface area (Å²) in [6.45, 7) is 10.4. The average molecular weight is 655 g/mol. The third-order valence-corrected chi connectivity index (χ3v) is 6.52. The van der Waals surface area contributed by atoms with Crippen LogP contribution in [-0.4, -0.2) is 94.3 Å². The molecule has 2 aromatic carbocycles. The molecular formula is C33H42N4O10. The van der Waals surface area contributed by atoms with E-state index < -0.39 is 59.5 Å². The molecule has 6 amide bonds. The first-order valence-electron chi connectivity index (χ1n) is 15.0. The van der Waals surface area contributed by atoms with Crippen molar-refractivity contribution < 1.29 is 47.7 Å². The summed E-state index contributed by atoms with van der Waals surface area (Å²) >= 11 is 0. The van der Waals surface area contributed by atoms with Crippen LogP contribution in [0.15, 0.2) is 60.7 Å². The van der Waals surface area contributed by atoms with Crippen molar-refractivity contribution in [3.8, 4) is 0 Å². The third-order valence-electron chi connectivity index (χ3n) is 6.52. The number of imide groups is 2. The fraction of sp³-hybridized carbons (Fsp3) is 0.455. The molecule has 2 aliphatic rings. The van der Waals surface area contributed by atoms with Crippen molar-refractivity contribution >= 4 is 36.2 Å². The van der Waals surface area contributed by atoms with Crippen LogP contribution in [0.25, 0.3) is 0 Å². The van der Waals surface area contributed by atoms with Gasteiger partial charge in [-0.2, -0.15) is 0 Å². The third kappa shape index (κ3) is 10.7. The van der Waals surface area contributed by atoms with Crippen LogP contribution in [-0.2, 0) is 41.8 Å². The lowest BCUT2D eigenvalue weighted by atomic mass is 10.2. The van der Waals surface area contributed by atoms with Gasteiger partial charge < -0.3 is 29.2 Å². The van der Waals surface area contributed by atoms with E-state index in [4.69, 9.17) is 18.9 Å². The lowest BCUT2D eigenvalue weighted by molar-refractivity contribution is -0.159. The molecule has 2 heterocycles. The predicted octanol–water partition coefficient (Wildman–Crippen LogP) is 4.46. The van der Waals surface area contributed by atoms with Gasteiger partial charge in [-0.25, -0.2) is 38.6 Å². The minimum absolute atomic E-state index is 0.00812. The number of carbonyl (C=O) groups is 6. The van der Waals surface area contributed by atoms with Gasteiger partial charge in [-0.1, -0.05) is 60.7 Å². The van der Waals surface area contributed by atoms with Gasteiger partial charge in [0.2, 0.25) is 0 Å². The number of hydrogen-bond donors (Lipinski definition) is 1. The minimum Gasteiger partial charge on any atom is -0.458 e. The van der Waals surface area contributed by atoms with Crippen LogP contribution >= 0.6 is 0 Å². The Morgan fingerprint density at radius 1 is 0.723 bits per heavy atom. The zero-order chi connectivity index (χ0) is 34.9. The Labute approximate surface area is 273 Å². The van der Waals surface area contributed by atoms with Gasteiger partial charge in [0.15, 0.2) is 6.04 Å². The fourth-order valence-electron chi connectivity index (χ4n) is 4.31. The van der Waals surface area contributed by atoms with Gasteiger partial charge >= 0.3 is 36.2 Å². The molecule has 14 nitrogen and oxygen atoms in total. The van der Waals surface area contributed by atoms with Gasteiger partial charge in [0.25, 0.3) is 0 Å². The van der Waals surface area contributed by atoms with Crippen molar-refractivity contribution in [1.29, 1.82) is 0 Å². The maximum atomic E-state index is 12.2. The first kappa shape index (κ1) is 36.3. The van der Waals surface area contributed by atoms with Crippen molar-refractivity contribution in [2.45, 2.75) is 78.0 Å². The molecule has 2 saturated heterocycles. The molecule has 0 bridgehead atoms. The summed E-state index contributed by atoms with van der Waals surface area (Å²) in [5.74, 6) is -1.19. The van der Waals surface area contributed by atoms with Gasteiger partial charge in [0, 0.05) is 7.05 Å². The van der Waals surface area contributed by atoms with Crippen molar-refractivity contribution in [1.82, 2.24) is 20.0 Å². The van der Waals surface area contributed by atoms with E-state index in [1.165, 1.54) is 11.9 Å². The molecule has 14 heteroatoms. The summed E-state index contributed by atoms with van der Waals surface area (Å²) in [6.07, 6.45) is -1.65. The average Bonchev–Trinajstić information content (AvgIpc) is 3.53. The molecule has 2 fully saturated rings. The van der Waals surface area contributed by atoms with Gasteiger partial charge in [-0.15, -0.1) is 0 Å². The monoisotopic (exact) mass is 654 g/mol. The second-order valence-electron chi connectivity index (χ2n) is 12.7. The zero-order valence-corrected chi connectivity index (χ0v) is 27.7. The molecule has 1 N–H and O–H groups in total. The second-order valence-corrected chi connectivity index (χ2v) is 12.7. The Bertz CT molecular complexity index is 1440. The molecular weight excluding hydrogens is 612 g/mol. The predicted molar refractivity (Wildman–Crippen MR) is 168 cm³/mol. The van der Waals surface area contributed by atoms with Crippen LogP contribution in [0, 0.1) is 0 Å². The molecule has 0 aliphatic carbocycles. The van der Waals surface area contributed by atoms with Crippen LogP contribution in [0.2, 0.25) is 0 Å². The summed E-state index contributed by atoms with van der Waals surface area (Å²) < 4.78 is 20.8. The highest BCUT2D eigenvalue weighted by Gasteiger charge is 2.45. The number of amides is 6. The molecule has 2 atom stereocenters. The highest BCUT2D eigenvalue weighted by atomic mass is 16.6. The number of carbonyl (C=O) groups excluding carboxylic acids is 6. The summed E-state index contributed by atoms with van der Waals surface area (Å²) in [5.41, 5.74) is 0.230. The van der Waals surface area contributed by atoms with Gasteiger partial charge in [0.1, 0.15) is 30.5 Å². The van der Waals surface area contributed by atoms with Crippen LogP contribution < -0.4 is 5.32 Å². The van der Waals surface area contributed by atoms with Crippen molar-refractivity contribution in [2.24, 2.45) is 0 Å². The molecule has 0 unspecified atom stereocenters. The molecule has 0 radical (unpaired) electrons. The maximum absolute atomic E-state index is 12.2. The zero-order valence-electron chi connectivity index (χ0n) is 27.7. The molecule has 4 rings (SSSR count). The number of urea groups is 2. The van der Waals surface area contributed by atoms with E-state index in [-0.39, 0.29) is 26.3 Å². The first-order valence-corrected chi connectivity index (χ1v) is 15.0. The van der Waals surface area contributed by atoms with Crippen molar-refractivity contribution in [3.63, 3.8) is 0 Å². The number of benzene rings is 2. The largest absolute Gasteiger partial charge is 0.458 e. The van der Waals surface area contributed by atoms with E-state index in [0.29, 0.717) is 0 Å². The molecule has 2 aromatic rings. The Hall–Kier alpha value is -5.14. The fourth-order valence-corrected chi connectivity index (χ4v) is 4.31. The van der Waals surface area contributed by atoms with E-state index in [1.807, 2.05) is 48.5 Å². The Kier molecular flexibility index (Phi) is 11.9. The highest BCUT2D eigenvalue weighted by molar-refractivity contribution is 5.99. The number of hydrogen-bond acceptors (Lipinski definition) is 10. The number of likely N-dealkylation sites (N-methyl/N-ethyl adjacent to an activating group) is 1. The van der Waals surface area contributed by atoms with Crippen LogP contribution in [0.4, 0.5) is 19.2 Å². The number of rotatable bonds is 6. The standard InChI is InChI=1S/C17H22N2O5.C16H20N2O5/c1-17(2,3)24-14(20)13-10-19(15(21)18(13)4)16(22)23-11-12-8-6-5-7-9-12;1-16(2,3)23-13(19)12-9-17-14(20)18(12)15(21)22-10-11-7-5-4-6-8-11/h5-9,13H,10-11H2,1-4H3;4-8,12H,9-10H2,1-3H3,(H,17,20)/t13-;12-/m11/s1. The SMILES string of the molecule is CC(C)(C)OC(=O)[C@H]1CNC(=O)N1C(=O)OCc1ccccc1.CN1C(=O)N(C(=O)OCc2ccccc2)C[C@@H]1C(=O)OC(C)(C)C. The van der Waals surface area contributed by atoms with Gasteiger partial charge in [-0.3, -0.25) is 0 Å². The van der Waals surface area contributed by atoms with E-state index in [2.05, 4.69) is 5.32 Å². The normalized spacial score (nSPS) is 17.7. The topological polar surface area (TPSA) is 161 Å². The molecule has 2 aliphatic heterocycles. The van der Waals surface area contributed by atoms with E-state index in [1.54, 1.807) is 53.7 Å². The van der Waals surface area contributed by atoms with Crippen LogP contribution in [0.5, 0.6) is 0 Å². The molecule has 47 heavy (non-hydrogen) atoms. The van der Waals surface area contributed by atoms with E-state index >= 15 is 0 Å². The Balaban J connectivity index is 0.000000256. The number of nitrogens with one attached hydrogen (secondary N) is 1. The van der Waals surface area contributed by atoms with Gasteiger partial charge in [0.05, 0.1) is 13.1 Å². The summed E-state index contributed by atoms with van der Waals surface area (Å²) in [6, 6.07) is 15.1. The smallest absolute Gasteiger partial charge is 0.419 e. The van der Waals surface area contributed by atoms with Gasteiger partial charge in [-0.05, 0) is 52.7 Å². The first-order chi connectivity index (χ1) is 22.0. The van der Waals surface area contributed by atoms with E-state index in [0.717, 1.165) is 20.9 Å². The lowest BCUT2D eigenvalue weighted by Crippen LogP contribution is -2.46. The quantitative estimate of drug-likeness (QED) is 0.348. The molecule has 0 spiro atoms. The van der Waals surface area contributed by atoms with Crippen molar-refractivity contribution in [2.75, 3.05) is 20.1 Å². The number of esters is 2. The highest BCUT2D eigenvalue weighted by Crippen LogP contribution is 2.20. The second kappa shape index (κ2) is 15.4.